The summed E-state index contributed by atoms with van der Waals surface area (Å²) in [6.45, 7) is 5.13. The van der Waals surface area contributed by atoms with Crippen LogP contribution in [0.25, 0.3) is 0 Å². The molecular formula is C14H22N2O2S. The number of nitrogens with one attached hydrogen (secondary N) is 1. The van der Waals surface area contributed by atoms with Crippen molar-refractivity contribution in [3.63, 3.8) is 0 Å². The van der Waals surface area contributed by atoms with Crippen molar-refractivity contribution in [1.29, 1.82) is 0 Å². The molecule has 0 aromatic carbocycles. The molecule has 1 aromatic rings. The normalized spacial score (nSPS) is 23.1. The fourth-order valence-corrected chi connectivity index (χ4v) is 3.41. The van der Waals surface area contributed by atoms with Crippen molar-refractivity contribution in [2.24, 2.45) is 11.8 Å². The largest absolute Gasteiger partial charge is 0.465 e. The van der Waals surface area contributed by atoms with Crippen LogP contribution in [0.5, 0.6) is 0 Å². The van der Waals surface area contributed by atoms with E-state index in [9.17, 15) is 4.79 Å². The molecule has 1 N–H and O–H groups in total. The quantitative estimate of drug-likeness (QED) is 0.859. The van der Waals surface area contributed by atoms with Crippen molar-refractivity contribution in [2.45, 2.75) is 39.5 Å². The molecule has 1 aliphatic rings. The molecule has 0 aliphatic heterocycles. The Morgan fingerprint density at radius 2 is 2.11 bits per heavy atom. The number of nitrogens with zero attached hydrogens (tertiary/aromatic N) is 1. The highest BCUT2D eigenvalue weighted by molar-refractivity contribution is 7.17. The number of esters is 1. The zero-order valence-corrected chi connectivity index (χ0v) is 12.7. The molecule has 1 fully saturated rings. The minimum absolute atomic E-state index is 0.297. The van der Waals surface area contributed by atoms with Gasteiger partial charge in [-0.1, -0.05) is 31.1 Å². The topological polar surface area (TPSA) is 51.2 Å². The Bertz CT molecular complexity index is 437. The van der Waals surface area contributed by atoms with Crippen molar-refractivity contribution in [3.8, 4) is 0 Å². The number of thiazole rings is 1. The van der Waals surface area contributed by atoms with Crippen molar-refractivity contribution >= 4 is 22.4 Å². The first-order chi connectivity index (χ1) is 9.10. The van der Waals surface area contributed by atoms with E-state index in [0.717, 1.165) is 29.2 Å². The molecule has 4 nitrogen and oxygen atoms in total. The number of methoxy groups -OCH3 is 1. The van der Waals surface area contributed by atoms with Crippen molar-refractivity contribution in [1.82, 2.24) is 4.98 Å². The molecule has 0 atom stereocenters. The van der Waals surface area contributed by atoms with E-state index in [1.165, 1.54) is 44.1 Å². The Balaban J connectivity index is 1.88. The summed E-state index contributed by atoms with van der Waals surface area (Å²) in [5, 5.41) is 4.20. The lowest BCUT2D eigenvalue weighted by atomic mass is 9.83. The standard InChI is InChI=1S/C14H22N2O2S/c1-9-4-6-11(7-5-9)8-15-14-16-10(2)12(19-14)13(17)18-3/h9,11H,4-8H2,1-3H3,(H,15,16). The molecule has 1 aliphatic carbocycles. The van der Waals surface area contributed by atoms with E-state index in [0.29, 0.717) is 4.88 Å². The molecule has 1 aromatic heterocycles. The molecule has 0 amide bonds. The van der Waals surface area contributed by atoms with Gasteiger partial charge in [-0.2, -0.15) is 0 Å². The van der Waals surface area contributed by atoms with Crippen LogP contribution in [0.3, 0.4) is 0 Å². The van der Waals surface area contributed by atoms with Gasteiger partial charge in [0, 0.05) is 6.54 Å². The first-order valence-corrected chi connectivity index (χ1v) is 7.71. The van der Waals surface area contributed by atoms with Crippen LogP contribution in [-0.2, 0) is 4.74 Å². The second-order valence-electron chi connectivity index (χ2n) is 5.43. The van der Waals surface area contributed by atoms with E-state index in [-0.39, 0.29) is 5.97 Å². The SMILES string of the molecule is COC(=O)c1sc(NCC2CCC(C)CC2)nc1C. The maximum absolute atomic E-state index is 11.5. The van der Waals surface area contributed by atoms with E-state index < -0.39 is 0 Å². The summed E-state index contributed by atoms with van der Waals surface area (Å²) in [4.78, 5) is 16.5. The number of carbonyl (C=O) groups excluding carboxylic acids is 1. The van der Waals surface area contributed by atoms with E-state index in [1.54, 1.807) is 0 Å². The number of aryl methyl sites for hydroxylation is 1. The molecule has 0 saturated heterocycles. The van der Waals surface area contributed by atoms with Gasteiger partial charge < -0.3 is 10.1 Å². The predicted molar refractivity (Wildman–Crippen MR) is 77.8 cm³/mol. The van der Waals surface area contributed by atoms with Gasteiger partial charge >= 0.3 is 5.97 Å². The summed E-state index contributed by atoms with van der Waals surface area (Å²) in [6.07, 6.45) is 5.25. The minimum atomic E-state index is -0.297. The number of rotatable bonds is 4. The lowest BCUT2D eigenvalue weighted by Gasteiger charge is -2.26. The molecule has 0 spiro atoms. The Morgan fingerprint density at radius 3 is 2.74 bits per heavy atom. The summed E-state index contributed by atoms with van der Waals surface area (Å²) in [5.74, 6) is 1.32. The Morgan fingerprint density at radius 1 is 1.42 bits per heavy atom. The highest BCUT2D eigenvalue weighted by Crippen LogP contribution is 2.29. The average molecular weight is 282 g/mol. The zero-order valence-electron chi connectivity index (χ0n) is 11.9. The van der Waals surface area contributed by atoms with Crippen LogP contribution in [0.1, 0.15) is 48.0 Å². The maximum Gasteiger partial charge on any atom is 0.350 e. The maximum atomic E-state index is 11.5. The third kappa shape index (κ3) is 3.69. The van der Waals surface area contributed by atoms with Gasteiger partial charge in [0.25, 0.3) is 0 Å². The number of ether oxygens (including phenoxy) is 1. The first kappa shape index (κ1) is 14.3. The fourth-order valence-electron chi connectivity index (χ4n) is 2.52. The number of anilines is 1. The van der Waals surface area contributed by atoms with Crippen LogP contribution < -0.4 is 5.32 Å². The Labute approximate surface area is 118 Å². The predicted octanol–water partition coefficient (Wildman–Crippen LogP) is 3.48. The first-order valence-electron chi connectivity index (χ1n) is 6.89. The van der Waals surface area contributed by atoms with Gasteiger partial charge in [-0.05, 0) is 31.6 Å². The second kappa shape index (κ2) is 6.37. The van der Waals surface area contributed by atoms with Crippen LogP contribution >= 0.6 is 11.3 Å². The zero-order chi connectivity index (χ0) is 13.8. The lowest BCUT2D eigenvalue weighted by molar-refractivity contribution is 0.0605. The van der Waals surface area contributed by atoms with Gasteiger partial charge in [0.2, 0.25) is 0 Å². The summed E-state index contributed by atoms with van der Waals surface area (Å²) in [6, 6.07) is 0. The van der Waals surface area contributed by atoms with E-state index >= 15 is 0 Å². The Kier molecular flexibility index (Phi) is 4.80. The van der Waals surface area contributed by atoms with E-state index in [1.807, 2.05) is 6.92 Å². The van der Waals surface area contributed by atoms with Gasteiger partial charge in [-0.25, -0.2) is 9.78 Å². The third-order valence-corrected chi connectivity index (χ3v) is 4.94. The number of aromatic nitrogens is 1. The van der Waals surface area contributed by atoms with Crippen molar-refractivity contribution in [2.75, 3.05) is 19.0 Å². The molecule has 2 rings (SSSR count). The minimum Gasteiger partial charge on any atom is -0.465 e. The third-order valence-electron chi connectivity index (χ3n) is 3.84. The van der Waals surface area contributed by atoms with Crippen LogP contribution in [0, 0.1) is 18.8 Å². The molecule has 5 heteroatoms. The number of hydrogen-bond acceptors (Lipinski definition) is 5. The van der Waals surface area contributed by atoms with Gasteiger partial charge in [-0.3, -0.25) is 0 Å². The Hall–Kier alpha value is -1.10. The van der Waals surface area contributed by atoms with Crippen LogP contribution in [0.4, 0.5) is 5.13 Å². The van der Waals surface area contributed by atoms with Crippen molar-refractivity contribution in [3.05, 3.63) is 10.6 Å². The number of carbonyl (C=O) groups is 1. The van der Waals surface area contributed by atoms with Crippen LogP contribution in [0.2, 0.25) is 0 Å². The summed E-state index contributed by atoms with van der Waals surface area (Å²) < 4.78 is 4.74. The molecule has 0 bridgehead atoms. The molecular weight excluding hydrogens is 260 g/mol. The highest BCUT2D eigenvalue weighted by atomic mass is 32.1. The van der Waals surface area contributed by atoms with Gasteiger partial charge in [0.1, 0.15) is 4.88 Å². The van der Waals surface area contributed by atoms with E-state index in [2.05, 4.69) is 17.2 Å². The van der Waals surface area contributed by atoms with Gasteiger partial charge in [0.15, 0.2) is 5.13 Å². The molecule has 1 saturated carbocycles. The van der Waals surface area contributed by atoms with Gasteiger partial charge in [0.05, 0.1) is 12.8 Å². The summed E-state index contributed by atoms with van der Waals surface area (Å²) >= 11 is 1.38. The average Bonchev–Trinajstić information content (AvgIpc) is 2.78. The molecule has 0 radical (unpaired) electrons. The number of hydrogen-bond donors (Lipinski definition) is 1. The van der Waals surface area contributed by atoms with E-state index in [4.69, 9.17) is 4.74 Å². The fraction of sp³-hybridized carbons (Fsp3) is 0.714. The molecule has 0 unspecified atom stereocenters. The van der Waals surface area contributed by atoms with Crippen LogP contribution in [0.15, 0.2) is 0 Å². The van der Waals surface area contributed by atoms with Crippen LogP contribution in [-0.4, -0.2) is 24.6 Å². The smallest absolute Gasteiger partial charge is 0.350 e. The molecule has 19 heavy (non-hydrogen) atoms. The highest BCUT2D eigenvalue weighted by Gasteiger charge is 2.19. The molecule has 106 valence electrons. The second-order valence-corrected chi connectivity index (χ2v) is 6.43. The molecule has 1 heterocycles. The van der Waals surface area contributed by atoms with Crippen molar-refractivity contribution < 1.29 is 9.53 Å². The lowest BCUT2D eigenvalue weighted by Crippen LogP contribution is -2.20. The summed E-state index contributed by atoms with van der Waals surface area (Å²) in [5.41, 5.74) is 0.747. The summed E-state index contributed by atoms with van der Waals surface area (Å²) in [7, 11) is 1.40. The van der Waals surface area contributed by atoms with Gasteiger partial charge in [-0.15, -0.1) is 0 Å². The monoisotopic (exact) mass is 282 g/mol.